The smallest absolute Gasteiger partial charge is 0.220 e. The van der Waals surface area contributed by atoms with Gasteiger partial charge in [0.05, 0.1) is 19.4 Å². The number of hydrogen-bond acceptors (Lipinski definition) is 4. The number of methoxy groups -OCH3 is 1. The van der Waals surface area contributed by atoms with E-state index in [9.17, 15) is 4.79 Å². The van der Waals surface area contributed by atoms with Gasteiger partial charge in [0.1, 0.15) is 5.75 Å². The average Bonchev–Trinajstić information content (AvgIpc) is 2.34. The number of nitrogen functional groups attached to an aromatic ring is 1. The molecule has 94 valence electrons. The molecule has 5 heteroatoms. The monoisotopic (exact) mass is 238 g/mol. The van der Waals surface area contributed by atoms with Crippen LogP contribution in [0.5, 0.6) is 5.75 Å². The Morgan fingerprint density at radius 2 is 2.29 bits per heavy atom. The van der Waals surface area contributed by atoms with Crippen LogP contribution < -0.4 is 15.8 Å². The third kappa shape index (κ3) is 4.32. The molecule has 0 bridgehead atoms. The maximum atomic E-state index is 11.3. The summed E-state index contributed by atoms with van der Waals surface area (Å²) < 4.78 is 5.05. The van der Waals surface area contributed by atoms with Gasteiger partial charge in [0, 0.05) is 13.0 Å². The van der Waals surface area contributed by atoms with Gasteiger partial charge in [0.2, 0.25) is 5.91 Å². The molecule has 17 heavy (non-hydrogen) atoms. The minimum Gasteiger partial charge on any atom is -0.495 e. The van der Waals surface area contributed by atoms with Gasteiger partial charge >= 0.3 is 0 Å². The summed E-state index contributed by atoms with van der Waals surface area (Å²) in [6.07, 6.45) is 0.997. The van der Waals surface area contributed by atoms with E-state index in [1.165, 1.54) is 0 Å². The maximum Gasteiger partial charge on any atom is 0.220 e. The van der Waals surface area contributed by atoms with Crippen molar-refractivity contribution in [3.05, 3.63) is 23.8 Å². The van der Waals surface area contributed by atoms with E-state index in [1.54, 1.807) is 19.2 Å². The zero-order valence-electron chi connectivity index (χ0n) is 9.90. The van der Waals surface area contributed by atoms with Crippen LogP contribution in [0.2, 0.25) is 0 Å². The lowest BCUT2D eigenvalue weighted by Crippen LogP contribution is -2.26. The van der Waals surface area contributed by atoms with Gasteiger partial charge in [0.25, 0.3) is 0 Å². The van der Waals surface area contributed by atoms with Gasteiger partial charge in [-0.1, -0.05) is 6.07 Å². The molecule has 0 aromatic heterocycles. The third-order valence-electron chi connectivity index (χ3n) is 2.37. The van der Waals surface area contributed by atoms with Crippen molar-refractivity contribution in [1.82, 2.24) is 5.32 Å². The standard InChI is InChI=1S/C12H18N2O3/c1-17-11-4-2-9(8-10(11)13)3-5-12(16)14-6-7-15/h2,4,8,15H,3,5-7,13H2,1H3,(H,14,16). The number of aryl methyl sites for hydroxylation is 1. The molecule has 0 aliphatic heterocycles. The van der Waals surface area contributed by atoms with Crippen LogP contribution in [0.1, 0.15) is 12.0 Å². The molecule has 0 aliphatic rings. The van der Waals surface area contributed by atoms with E-state index in [1.807, 2.05) is 6.07 Å². The largest absolute Gasteiger partial charge is 0.495 e. The van der Waals surface area contributed by atoms with E-state index >= 15 is 0 Å². The third-order valence-corrected chi connectivity index (χ3v) is 2.37. The van der Waals surface area contributed by atoms with Gasteiger partial charge in [-0.2, -0.15) is 0 Å². The molecular weight excluding hydrogens is 220 g/mol. The zero-order valence-corrected chi connectivity index (χ0v) is 9.90. The highest BCUT2D eigenvalue weighted by Crippen LogP contribution is 2.22. The fraction of sp³-hybridized carbons (Fsp3) is 0.417. The van der Waals surface area contributed by atoms with Gasteiger partial charge in [0.15, 0.2) is 0 Å². The molecule has 0 aliphatic carbocycles. The Morgan fingerprint density at radius 3 is 2.88 bits per heavy atom. The first-order valence-electron chi connectivity index (χ1n) is 5.47. The van der Waals surface area contributed by atoms with Crippen LogP contribution in [0.15, 0.2) is 18.2 Å². The predicted octanol–water partition coefficient (Wildman–Crippen LogP) is 0.319. The van der Waals surface area contributed by atoms with Crippen LogP contribution >= 0.6 is 0 Å². The lowest BCUT2D eigenvalue weighted by molar-refractivity contribution is -0.121. The first-order chi connectivity index (χ1) is 8.17. The quantitative estimate of drug-likeness (QED) is 0.623. The number of nitrogens with two attached hydrogens (primary N) is 1. The SMILES string of the molecule is COc1ccc(CCC(=O)NCCO)cc1N. The van der Waals surface area contributed by atoms with Crippen LogP contribution in [0.3, 0.4) is 0 Å². The highest BCUT2D eigenvalue weighted by molar-refractivity contribution is 5.76. The topological polar surface area (TPSA) is 84.6 Å². The zero-order chi connectivity index (χ0) is 12.7. The molecule has 0 spiro atoms. The number of benzene rings is 1. The van der Waals surface area contributed by atoms with Gasteiger partial charge < -0.3 is 20.9 Å². The molecule has 0 saturated carbocycles. The van der Waals surface area contributed by atoms with Crippen LogP contribution in [0.25, 0.3) is 0 Å². The summed E-state index contributed by atoms with van der Waals surface area (Å²) in [5.41, 5.74) is 7.32. The Hall–Kier alpha value is -1.75. The molecule has 0 unspecified atom stereocenters. The predicted molar refractivity (Wildman–Crippen MR) is 65.8 cm³/mol. The molecule has 0 radical (unpaired) electrons. The number of rotatable bonds is 6. The summed E-state index contributed by atoms with van der Waals surface area (Å²) >= 11 is 0. The molecule has 4 N–H and O–H groups in total. The summed E-state index contributed by atoms with van der Waals surface area (Å²) in [5, 5.41) is 11.1. The minimum absolute atomic E-state index is 0.0405. The molecule has 1 aromatic carbocycles. The van der Waals surface area contributed by atoms with E-state index in [4.69, 9.17) is 15.6 Å². The number of aliphatic hydroxyl groups is 1. The second-order valence-electron chi connectivity index (χ2n) is 3.65. The molecule has 1 amide bonds. The van der Waals surface area contributed by atoms with Crippen molar-refractivity contribution in [3.63, 3.8) is 0 Å². The van der Waals surface area contributed by atoms with Crippen molar-refractivity contribution >= 4 is 11.6 Å². The van der Waals surface area contributed by atoms with Crippen LogP contribution in [-0.4, -0.2) is 31.3 Å². The Labute approximate surface area is 101 Å². The number of nitrogens with one attached hydrogen (secondary N) is 1. The van der Waals surface area contributed by atoms with Crippen LogP contribution in [0.4, 0.5) is 5.69 Å². The number of hydrogen-bond donors (Lipinski definition) is 3. The summed E-state index contributed by atoms with van der Waals surface area (Å²) in [4.78, 5) is 11.3. The van der Waals surface area contributed by atoms with E-state index in [2.05, 4.69) is 5.32 Å². The van der Waals surface area contributed by atoms with Crippen molar-refractivity contribution in [2.45, 2.75) is 12.8 Å². The van der Waals surface area contributed by atoms with Crippen LogP contribution in [-0.2, 0) is 11.2 Å². The fourth-order valence-corrected chi connectivity index (χ4v) is 1.48. The Bertz CT molecular complexity index is 380. The molecule has 0 atom stereocenters. The highest BCUT2D eigenvalue weighted by Gasteiger charge is 2.04. The van der Waals surface area contributed by atoms with Gasteiger partial charge in [-0.3, -0.25) is 4.79 Å². The van der Waals surface area contributed by atoms with Crippen molar-refractivity contribution in [2.75, 3.05) is 26.0 Å². The van der Waals surface area contributed by atoms with Crippen LogP contribution in [0, 0.1) is 0 Å². The first-order valence-corrected chi connectivity index (χ1v) is 5.47. The molecule has 0 heterocycles. The molecule has 1 aromatic rings. The summed E-state index contributed by atoms with van der Waals surface area (Å²) in [5.74, 6) is 0.562. The van der Waals surface area contributed by atoms with Crippen molar-refractivity contribution in [2.24, 2.45) is 0 Å². The number of ether oxygens (including phenoxy) is 1. The normalized spacial score (nSPS) is 10.0. The van der Waals surface area contributed by atoms with Crippen molar-refractivity contribution < 1.29 is 14.6 Å². The number of carbonyl (C=O) groups excluding carboxylic acids is 1. The molecular formula is C12H18N2O3. The number of aliphatic hydroxyl groups excluding tert-OH is 1. The van der Waals surface area contributed by atoms with Gasteiger partial charge in [-0.25, -0.2) is 0 Å². The number of amides is 1. The second kappa shape index (κ2) is 6.75. The molecule has 5 nitrogen and oxygen atoms in total. The number of anilines is 1. The summed E-state index contributed by atoms with van der Waals surface area (Å²) in [7, 11) is 1.56. The lowest BCUT2D eigenvalue weighted by Gasteiger charge is -2.07. The first kappa shape index (κ1) is 13.3. The molecule has 0 saturated heterocycles. The van der Waals surface area contributed by atoms with E-state index in [0.717, 1.165) is 5.56 Å². The van der Waals surface area contributed by atoms with Gasteiger partial charge in [-0.05, 0) is 24.1 Å². The maximum absolute atomic E-state index is 11.3. The molecule has 0 fully saturated rings. The van der Waals surface area contributed by atoms with Gasteiger partial charge in [-0.15, -0.1) is 0 Å². The van der Waals surface area contributed by atoms with E-state index in [-0.39, 0.29) is 12.5 Å². The van der Waals surface area contributed by atoms with E-state index < -0.39 is 0 Å². The van der Waals surface area contributed by atoms with E-state index in [0.29, 0.717) is 30.8 Å². The summed E-state index contributed by atoms with van der Waals surface area (Å²) in [6, 6.07) is 5.48. The summed E-state index contributed by atoms with van der Waals surface area (Å²) in [6.45, 7) is 0.255. The second-order valence-corrected chi connectivity index (χ2v) is 3.65. The Morgan fingerprint density at radius 1 is 1.53 bits per heavy atom. The Balaban J connectivity index is 2.47. The highest BCUT2D eigenvalue weighted by atomic mass is 16.5. The lowest BCUT2D eigenvalue weighted by atomic mass is 10.1. The minimum atomic E-state index is -0.0755. The Kier molecular flexibility index (Phi) is 5.29. The van der Waals surface area contributed by atoms with Crippen molar-refractivity contribution in [3.8, 4) is 5.75 Å². The fourth-order valence-electron chi connectivity index (χ4n) is 1.48. The molecule has 1 rings (SSSR count). The van der Waals surface area contributed by atoms with Crippen molar-refractivity contribution in [1.29, 1.82) is 0 Å². The number of carbonyl (C=O) groups is 1. The average molecular weight is 238 g/mol.